The number of hydrogen-bond donors (Lipinski definition) is 3. The van der Waals surface area contributed by atoms with E-state index in [0.29, 0.717) is 12.2 Å². The smallest absolute Gasteiger partial charge is 0.351 e. The van der Waals surface area contributed by atoms with Crippen LogP contribution in [-0.2, 0) is 65.2 Å². The van der Waals surface area contributed by atoms with Crippen molar-refractivity contribution in [2.45, 2.75) is 205 Å². The van der Waals surface area contributed by atoms with Crippen molar-refractivity contribution in [2.75, 3.05) is 44.5 Å². The van der Waals surface area contributed by atoms with Crippen LogP contribution in [0.5, 0.6) is 5.75 Å². The number of hydrogen-bond acceptors (Lipinski definition) is 24. The van der Waals surface area contributed by atoms with Crippen LogP contribution in [0.15, 0.2) is 22.0 Å². The second-order valence-corrected chi connectivity index (χ2v) is 27.7. The number of anilines is 2. The van der Waals surface area contributed by atoms with E-state index in [0.717, 1.165) is 10.8 Å². The van der Waals surface area contributed by atoms with Crippen molar-refractivity contribution < 1.29 is 84.9 Å². The van der Waals surface area contributed by atoms with E-state index in [2.05, 4.69) is 9.97 Å². The van der Waals surface area contributed by atoms with Crippen LogP contribution >= 0.6 is 22.8 Å². The molecule has 4 bridgehead atoms. The predicted octanol–water partition coefficient (Wildman–Crippen LogP) is 2.48. The molecule has 5 fully saturated rings. The summed E-state index contributed by atoms with van der Waals surface area (Å²) in [5, 5.41) is 9.70. The number of aromatic nitrogens is 4. The van der Waals surface area contributed by atoms with Gasteiger partial charge in [0.25, 0.3) is 0 Å². The summed E-state index contributed by atoms with van der Waals surface area (Å²) in [6.07, 6.45) is -3.66. The molecule has 0 radical (unpaired) electrons. The Morgan fingerprint density at radius 3 is 1.66 bits per heavy atom. The molecule has 7 heterocycles. The van der Waals surface area contributed by atoms with Gasteiger partial charge in [0.05, 0.1) is 69.8 Å². The molecule has 2 aromatic heterocycles. The zero-order valence-corrected chi connectivity index (χ0v) is 47.2. The van der Waals surface area contributed by atoms with Crippen molar-refractivity contribution in [3.8, 4) is 5.75 Å². The fraction of sp³-hybridized carbons (Fsp3) is 0.822. The molecule has 74 heavy (non-hydrogen) atoms. The molecule has 0 saturated carbocycles. The van der Waals surface area contributed by atoms with Gasteiger partial charge in [-0.3, -0.25) is 9.13 Å². The summed E-state index contributed by atoms with van der Waals surface area (Å²) in [7, 11) is -12.2. The Bertz CT molecular complexity index is 2500. The monoisotopic (exact) mass is 1110 g/mol. The molecule has 0 amide bonds. The summed E-state index contributed by atoms with van der Waals surface area (Å²) < 4.78 is 101. The van der Waals surface area contributed by atoms with E-state index in [9.17, 15) is 43.1 Å². The molecule has 0 aromatic carbocycles. The Balaban J connectivity index is 0.000000208. The third-order valence-corrected chi connectivity index (χ3v) is 18.1. The fourth-order valence-electron chi connectivity index (χ4n) is 8.16. The van der Waals surface area contributed by atoms with Gasteiger partial charge in [0, 0.05) is 35.2 Å². The fourth-order valence-corrected chi connectivity index (χ4v) is 10.7. The number of rotatable bonds is 20. The van der Waals surface area contributed by atoms with Gasteiger partial charge in [0.2, 0.25) is 0 Å². The maximum absolute atomic E-state index is 12.5. The Morgan fingerprint density at radius 1 is 0.703 bits per heavy atom. The largest absolute Gasteiger partial charge is 0.778 e. The number of ether oxygens (including phenoxy) is 8. The minimum absolute atomic E-state index is 0.0349. The number of fused-ring (bicyclic) bond motifs is 4. The van der Waals surface area contributed by atoms with Crippen molar-refractivity contribution in [3.05, 3.63) is 38.9 Å². The molecular weight excluding hydrogens is 1040 g/mol. The maximum atomic E-state index is 12.5. The Morgan fingerprint density at radius 2 is 1.16 bits per heavy atom. The number of aromatic hydroxyl groups is 1. The minimum atomic E-state index is -4.17. The molecule has 26 nitrogen and oxygen atoms in total. The molecule has 2 aromatic rings. The summed E-state index contributed by atoms with van der Waals surface area (Å²) in [5.41, 5.74) is 6.41. The normalized spacial score (nSPS) is 31.7. The number of aryl methyl sites for hydroxylation is 1. The predicted molar refractivity (Wildman–Crippen MR) is 262 cm³/mol. The third kappa shape index (κ3) is 14.5. The third-order valence-electron chi connectivity index (χ3n) is 12.7. The quantitative estimate of drug-likeness (QED) is 0.160. The minimum Gasteiger partial charge on any atom is -0.778 e. The number of nitrogen functional groups attached to an aromatic ring is 2. The molecule has 0 spiro atoms. The van der Waals surface area contributed by atoms with Crippen molar-refractivity contribution in [2.24, 2.45) is 0 Å². The first-order chi connectivity index (χ1) is 34.2. The number of nitrogens with two attached hydrogens (primary N) is 2. The molecule has 5 N–H and O–H groups in total. The SMILES string of the molecule is CC(C)OC[C@@]12COC([C@H](C)O1)[C@H]2OP(=O)([O-])C(C)C.CC(C)OC[C@H]1O[C@@H](n2cc(O)c(N)nc2=O)C[C@H]1OP(=O)([O-])C(C)C.Cc1cn([C@@H]2O[C@@]3(COC(C)C)COC2[C@H]3OP(=O)([O-])C(C)C)c(=O)nc1N. The van der Waals surface area contributed by atoms with Crippen molar-refractivity contribution in [1.29, 1.82) is 0 Å². The average Bonchev–Trinajstić information content (AvgIpc) is 4.07. The van der Waals surface area contributed by atoms with Crippen LogP contribution in [0.2, 0.25) is 0 Å². The highest BCUT2D eigenvalue weighted by Crippen LogP contribution is 2.55. The molecule has 14 atom stereocenters. The Hall–Kier alpha value is -2.71. The first-order valence-electron chi connectivity index (χ1n) is 24.6. The van der Waals surface area contributed by atoms with E-state index in [-0.39, 0.29) is 80.8 Å². The highest BCUT2D eigenvalue weighted by Gasteiger charge is 2.65. The Kier molecular flexibility index (Phi) is 20.6. The zero-order chi connectivity index (χ0) is 55.6. The van der Waals surface area contributed by atoms with Crippen LogP contribution in [0.4, 0.5) is 11.6 Å². The standard InChI is InChI=1S/C17H28N3O7P.C15H26N3O7P.C13H25O6P/c1-9(2)24-7-17-8-25-12(13(17)27-28(22,23)10(3)4)15(26-17)20-6-11(5)14(18)19-16(20)21;1-8(2)23-7-12-11(25-26(21,22)9(3)4)5-13(24-12)18-6-10(19)14(16)17-15(18)20;1-8(2)16-6-13-7-17-11(10(5)18-13)12(13)19-20(14,15)9(3)4/h6,9-10,12-13,15H,7-8H2,1-5H3,(H,22,23)(H2,18,19,21);6,8-9,11-13,19H,5,7H2,1-4H3,(H,21,22)(H2,16,17,20);8-12H,6-7H2,1-5H3,(H,14,15)/p-3/t12?,13-,15-,17+;11-,12-,13-;10-,11?,12+,13-/m110/s1. The molecule has 5 aliphatic heterocycles. The van der Waals surface area contributed by atoms with Gasteiger partial charge in [-0.1, -0.05) is 41.5 Å². The summed E-state index contributed by atoms with van der Waals surface area (Å²) >= 11 is 0. The second-order valence-electron chi connectivity index (χ2n) is 20.8. The molecule has 5 unspecified atom stereocenters. The maximum Gasteiger partial charge on any atom is 0.351 e. The molecule has 0 aliphatic carbocycles. The topological polar surface area (TPSA) is 364 Å². The highest BCUT2D eigenvalue weighted by atomic mass is 31.2. The van der Waals surface area contributed by atoms with Gasteiger partial charge in [-0.15, -0.1) is 0 Å². The van der Waals surface area contributed by atoms with E-state index >= 15 is 0 Å². The van der Waals surface area contributed by atoms with Crippen molar-refractivity contribution >= 4 is 34.4 Å². The second kappa shape index (κ2) is 24.5. The van der Waals surface area contributed by atoms with E-state index in [4.69, 9.17) is 62.9 Å². The van der Waals surface area contributed by atoms with Crippen LogP contribution in [-0.4, -0.2) is 146 Å². The first kappa shape index (κ1) is 62.1. The van der Waals surface area contributed by atoms with Crippen LogP contribution in [0.25, 0.3) is 0 Å². The average molecular weight is 1110 g/mol. The summed E-state index contributed by atoms with van der Waals surface area (Å²) in [6.45, 7) is 25.0. The molecule has 5 saturated heterocycles. The van der Waals surface area contributed by atoms with Gasteiger partial charge in [0.15, 0.2) is 17.8 Å². The van der Waals surface area contributed by atoms with Gasteiger partial charge in [-0.2, -0.15) is 9.97 Å². The van der Waals surface area contributed by atoms with Gasteiger partial charge in [0.1, 0.15) is 76.6 Å². The van der Waals surface area contributed by atoms with Gasteiger partial charge in [-0.05, 0) is 55.4 Å². The summed E-state index contributed by atoms with van der Waals surface area (Å²) in [6, 6.07) is 0. The lowest BCUT2D eigenvalue weighted by Gasteiger charge is -2.35. The lowest BCUT2D eigenvalue weighted by atomic mass is 10.00. The summed E-state index contributed by atoms with van der Waals surface area (Å²) in [4.78, 5) is 68.4. The van der Waals surface area contributed by atoms with Crippen molar-refractivity contribution in [3.63, 3.8) is 0 Å². The van der Waals surface area contributed by atoms with E-state index in [1.165, 1.54) is 24.6 Å². The van der Waals surface area contributed by atoms with Gasteiger partial charge >= 0.3 is 11.4 Å². The van der Waals surface area contributed by atoms with Crippen LogP contribution < -0.4 is 37.5 Å². The molecular formula is C45H76N6O20P3-3. The first-order valence-corrected chi connectivity index (χ1v) is 29.5. The van der Waals surface area contributed by atoms with E-state index in [1.807, 2.05) is 48.5 Å². The number of nitrogens with zero attached hydrogens (tertiary/aromatic N) is 4. The lowest BCUT2D eigenvalue weighted by molar-refractivity contribution is -0.214. The molecule has 424 valence electrons. The van der Waals surface area contributed by atoms with Crippen LogP contribution in [0.1, 0.15) is 114 Å². The van der Waals surface area contributed by atoms with Gasteiger partial charge in [-0.25, -0.2) is 9.59 Å². The van der Waals surface area contributed by atoms with Gasteiger partial charge < -0.3 is 96.4 Å². The Labute approximate surface area is 431 Å². The van der Waals surface area contributed by atoms with Crippen LogP contribution in [0, 0.1) is 6.92 Å². The molecule has 29 heteroatoms. The van der Waals surface area contributed by atoms with E-state index < -0.39 is 105 Å². The summed E-state index contributed by atoms with van der Waals surface area (Å²) in [5.74, 6) is -0.537. The highest BCUT2D eigenvalue weighted by molar-refractivity contribution is 7.52. The van der Waals surface area contributed by atoms with Crippen molar-refractivity contribution in [1.82, 2.24) is 19.1 Å². The zero-order valence-electron chi connectivity index (χ0n) is 44.5. The molecule has 5 aliphatic rings. The van der Waals surface area contributed by atoms with Crippen LogP contribution in [0.3, 0.4) is 0 Å². The lowest BCUT2D eigenvalue weighted by Crippen LogP contribution is -2.47. The van der Waals surface area contributed by atoms with E-state index in [1.54, 1.807) is 34.6 Å². The molecule has 7 rings (SSSR count).